The number of rotatable bonds is 3. The van der Waals surface area contributed by atoms with E-state index in [4.69, 9.17) is 0 Å². The van der Waals surface area contributed by atoms with Gasteiger partial charge >= 0.3 is 0 Å². The molecule has 0 aliphatic carbocycles. The Kier molecular flexibility index (Phi) is 3.21. The van der Waals surface area contributed by atoms with Crippen molar-refractivity contribution in [1.82, 2.24) is 10.2 Å². The highest BCUT2D eigenvalue weighted by Gasteiger charge is 2.06. The third-order valence-corrected chi connectivity index (χ3v) is 3.15. The number of amides is 1. The highest BCUT2D eigenvalue weighted by Crippen LogP contribution is 2.16. The number of aromatic amines is 1. The molecule has 0 aliphatic heterocycles. The number of nitrogens with one attached hydrogen (secondary N) is 2. The fourth-order valence-electron chi connectivity index (χ4n) is 2.20. The van der Waals surface area contributed by atoms with Gasteiger partial charge in [0.05, 0.1) is 6.42 Å². The fraction of sp³-hybridized carbons (Fsp3) is 0.125. The van der Waals surface area contributed by atoms with Gasteiger partial charge in [-0.15, -0.1) is 0 Å². The fourth-order valence-corrected chi connectivity index (χ4v) is 2.20. The Balaban J connectivity index is 1.73. The molecule has 0 aliphatic rings. The molecular formula is C16H15N3O. The summed E-state index contributed by atoms with van der Waals surface area (Å²) in [5.41, 5.74) is 1.92. The summed E-state index contributed by atoms with van der Waals surface area (Å²) in [7, 11) is 0. The lowest BCUT2D eigenvalue weighted by molar-refractivity contribution is -0.115. The van der Waals surface area contributed by atoms with Crippen molar-refractivity contribution >= 4 is 22.5 Å². The Labute approximate surface area is 116 Å². The van der Waals surface area contributed by atoms with Crippen LogP contribution >= 0.6 is 0 Å². The van der Waals surface area contributed by atoms with Gasteiger partial charge in [0.15, 0.2) is 5.82 Å². The zero-order valence-corrected chi connectivity index (χ0v) is 11.2. The molecular weight excluding hydrogens is 250 g/mol. The third-order valence-electron chi connectivity index (χ3n) is 3.15. The summed E-state index contributed by atoms with van der Waals surface area (Å²) in [5.74, 6) is 0.500. The molecule has 3 rings (SSSR count). The average molecular weight is 265 g/mol. The van der Waals surface area contributed by atoms with E-state index >= 15 is 0 Å². The zero-order chi connectivity index (χ0) is 13.9. The van der Waals surface area contributed by atoms with E-state index in [0.29, 0.717) is 12.2 Å². The van der Waals surface area contributed by atoms with Crippen LogP contribution < -0.4 is 5.32 Å². The Morgan fingerprint density at radius 3 is 2.70 bits per heavy atom. The number of nitrogens with zero attached hydrogens (tertiary/aromatic N) is 1. The minimum Gasteiger partial charge on any atom is -0.309 e. The number of H-pyrrole nitrogens is 1. The second kappa shape index (κ2) is 5.17. The predicted octanol–water partition coefficient (Wildman–Crippen LogP) is 3.05. The van der Waals surface area contributed by atoms with E-state index in [0.717, 1.165) is 16.6 Å². The van der Waals surface area contributed by atoms with Gasteiger partial charge in [-0.3, -0.25) is 9.89 Å². The monoisotopic (exact) mass is 265 g/mol. The Morgan fingerprint density at radius 2 is 1.95 bits per heavy atom. The zero-order valence-electron chi connectivity index (χ0n) is 11.2. The van der Waals surface area contributed by atoms with E-state index < -0.39 is 0 Å². The highest BCUT2D eigenvalue weighted by molar-refractivity contribution is 5.92. The standard InChI is InChI=1S/C16H15N3O/c1-11-8-15(19-18-11)17-16(20)10-12-6-7-13-4-2-3-5-14(13)9-12/h2-9H,10H2,1H3,(H2,17,18,19,20). The summed E-state index contributed by atoms with van der Waals surface area (Å²) in [6.07, 6.45) is 0.344. The molecule has 1 aromatic heterocycles. The Morgan fingerprint density at radius 1 is 1.15 bits per heavy atom. The molecule has 0 bridgehead atoms. The van der Waals surface area contributed by atoms with E-state index in [1.54, 1.807) is 6.07 Å². The summed E-state index contributed by atoms with van der Waals surface area (Å²) >= 11 is 0. The van der Waals surface area contributed by atoms with Gasteiger partial charge in [0.2, 0.25) is 5.91 Å². The van der Waals surface area contributed by atoms with Crippen molar-refractivity contribution in [3.63, 3.8) is 0 Å². The molecule has 20 heavy (non-hydrogen) atoms. The number of fused-ring (bicyclic) bond motifs is 1. The predicted molar refractivity (Wildman–Crippen MR) is 79.6 cm³/mol. The number of carbonyl (C=O) groups excluding carboxylic acids is 1. The van der Waals surface area contributed by atoms with Gasteiger partial charge < -0.3 is 5.32 Å². The molecule has 3 aromatic rings. The van der Waals surface area contributed by atoms with Crippen LogP contribution in [0.5, 0.6) is 0 Å². The summed E-state index contributed by atoms with van der Waals surface area (Å²) < 4.78 is 0. The molecule has 0 unspecified atom stereocenters. The van der Waals surface area contributed by atoms with Gasteiger partial charge in [0.1, 0.15) is 0 Å². The van der Waals surface area contributed by atoms with Crippen LogP contribution in [0.2, 0.25) is 0 Å². The molecule has 4 heteroatoms. The van der Waals surface area contributed by atoms with Crippen molar-refractivity contribution in [2.45, 2.75) is 13.3 Å². The first-order chi connectivity index (χ1) is 9.70. The van der Waals surface area contributed by atoms with Gasteiger partial charge in [0, 0.05) is 11.8 Å². The van der Waals surface area contributed by atoms with Crippen LogP contribution in [0.4, 0.5) is 5.82 Å². The van der Waals surface area contributed by atoms with Crippen LogP contribution in [0.3, 0.4) is 0 Å². The number of aromatic nitrogens is 2. The van der Waals surface area contributed by atoms with Crippen LogP contribution in [-0.2, 0) is 11.2 Å². The molecule has 0 radical (unpaired) electrons. The van der Waals surface area contributed by atoms with Crippen molar-refractivity contribution in [2.75, 3.05) is 5.32 Å². The van der Waals surface area contributed by atoms with Gasteiger partial charge in [-0.05, 0) is 23.3 Å². The van der Waals surface area contributed by atoms with E-state index in [2.05, 4.69) is 21.6 Å². The van der Waals surface area contributed by atoms with E-state index in [-0.39, 0.29) is 5.91 Å². The van der Waals surface area contributed by atoms with Crippen molar-refractivity contribution in [2.24, 2.45) is 0 Å². The van der Waals surface area contributed by atoms with Crippen LogP contribution in [0.25, 0.3) is 10.8 Å². The maximum Gasteiger partial charge on any atom is 0.229 e. The van der Waals surface area contributed by atoms with E-state index in [1.807, 2.05) is 43.3 Å². The average Bonchev–Trinajstić information content (AvgIpc) is 2.83. The second-order valence-corrected chi connectivity index (χ2v) is 4.84. The molecule has 100 valence electrons. The molecule has 2 N–H and O–H groups in total. The first-order valence-corrected chi connectivity index (χ1v) is 6.50. The number of aryl methyl sites for hydroxylation is 1. The van der Waals surface area contributed by atoms with Crippen LogP contribution in [0, 0.1) is 6.92 Å². The first kappa shape index (κ1) is 12.4. The quantitative estimate of drug-likeness (QED) is 0.764. The topological polar surface area (TPSA) is 57.8 Å². The number of hydrogen-bond acceptors (Lipinski definition) is 2. The Bertz CT molecular complexity index is 761. The lowest BCUT2D eigenvalue weighted by Crippen LogP contribution is -2.14. The van der Waals surface area contributed by atoms with Gasteiger partial charge in [-0.2, -0.15) is 5.10 Å². The number of anilines is 1. The molecule has 0 saturated carbocycles. The number of carbonyl (C=O) groups is 1. The summed E-state index contributed by atoms with van der Waals surface area (Å²) in [4.78, 5) is 12.0. The highest BCUT2D eigenvalue weighted by atomic mass is 16.1. The molecule has 0 atom stereocenters. The molecule has 2 aromatic carbocycles. The van der Waals surface area contributed by atoms with Crippen LogP contribution in [0.15, 0.2) is 48.5 Å². The van der Waals surface area contributed by atoms with Crippen molar-refractivity contribution in [3.05, 3.63) is 59.8 Å². The second-order valence-electron chi connectivity index (χ2n) is 4.84. The smallest absolute Gasteiger partial charge is 0.229 e. The molecule has 0 spiro atoms. The number of hydrogen-bond donors (Lipinski definition) is 2. The van der Waals surface area contributed by atoms with Gasteiger partial charge in [-0.1, -0.05) is 42.5 Å². The minimum absolute atomic E-state index is 0.0632. The lowest BCUT2D eigenvalue weighted by Gasteiger charge is -2.04. The third kappa shape index (κ3) is 2.69. The number of benzene rings is 2. The molecule has 4 nitrogen and oxygen atoms in total. The summed E-state index contributed by atoms with van der Waals surface area (Å²) in [6, 6.07) is 16.0. The molecule has 0 fully saturated rings. The maximum atomic E-state index is 12.0. The van der Waals surface area contributed by atoms with E-state index in [9.17, 15) is 4.79 Å². The normalized spacial score (nSPS) is 10.7. The minimum atomic E-state index is -0.0632. The molecule has 1 heterocycles. The SMILES string of the molecule is Cc1cc(NC(=O)Cc2ccc3ccccc3c2)n[nH]1. The van der Waals surface area contributed by atoms with Gasteiger partial charge in [-0.25, -0.2) is 0 Å². The largest absolute Gasteiger partial charge is 0.309 e. The summed E-state index contributed by atoms with van der Waals surface area (Å²) in [5, 5.41) is 11.9. The first-order valence-electron chi connectivity index (χ1n) is 6.50. The summed E-state index contributed by atoms with van der Waals surface area (Å²) in [6.45, 7) is 1.89. The lowest BCUT2D eigenvalue weighted by atomic mass is 10.1. The van der Waals surface area contributed by atoms with Gasteiger partial charge in [0.25, 0.3) is 0 Å². The van der Waals surface area contributed by atoms with E-state index in [1.165, 1.54) is 5.39 Å². The van der Waals surface area contributed by atoms with Crippen LogP contribution in [0.1, 0.15) is 11.3 Å². The molecule has 0 saturated heterocycles. The maximum absolute atomic E-state index is 12.0. The van der Waals surface area contributed by atoms with Crippen molar-refractivity contribution < 1.29 is 4.79 Å². The Hall–Kier alpha value is -2.62. The molecule has 1 amide bonds. The van der Waals surface area contributed by atoms with Crippen molar-refractivity contribution in [1.29, 1.82) is 0 Å². The van der Waals surface area contributed by atoms with Crippen molar-refractivity contribution in [3.8, 4) is 0 Å². The van der Waals surface area contributed by atoms with Crippen LogP contribution in [-0.4, -0.2) is 16.1 Å².